The number of piperidine rings is 1. The van der Waals surface area contributed by atoms with Crippen LogP contribution < -0.4 is 10.6 Å². The second-order valence-corrected chi connectivity index (χ2v) is 8.42. The second kappa shape index (κ2) is 11.7. The fourth-order valence-corrected chi connectivity index (χ4v) is 3.68. The fourth-order valence-electron chi connectivity index (χ4n) is 2.69. The Kier molecular flexibility index (Phi) is 10.4. The zero-order chi connectivity index (χ0) is 20.3. The summed E-state index contributed by atoms with van der Waals surface area (Å²) in [4.78, 5) is 4.10. The van der Waals surface area contributed by atoms with Crippen molar-refractivity contribution in [1.82, 2.24) is 14.9 Å². The minimum absolute atomic E-state index is 0.0978. The molecule has 7 nitrogen and oxygen atoms in total. The molecule has 0 bridgehead atoms. The summed E-state index contributed by atoms with van der Waals surface area (Å²) in [6, 6.07) is 0. The molecule has 27 heavy (non-hydrogen) atoms. The number of ether oxygens (including phenoxy) is 1. The highest BCUT2D eigenvalue weighted by Crippen LogP contribution is 2.30. The van der Waals surface area contributed by atoms with Crippen LogP contribution in [0.2, 0.25) is 0 Å². The average molecular weight is 417 g/mol. The van der Waals surface area contributed by atoms with Crippen molar-refractivity contribution in [3.8, 4) is 0 Å². The standard InChI is InChI=1S/C16H31F3N4O3S/c1-3-4-11-26-12-5-8-21-15(20-2)22-13-14-6-9-23(10-7-14)27(24,25)16(17,18)19/h14H,3-13H2,1-2H3,(H2,20,21,22). The van der Waals surface area contributed by atoms with Crippen molar-refractivity contribution in [1.29, 1.82) is 0 Å². The summed E-state index contributed by atoms with van der Waals surface area (Å²) in [5, 5.41) is 6.30. The summed E-state index contributed by atoms with van der Waals surface area (Å²) < 4.78 is 66.5. The Hall–Kier alpha value is -1.07. The zero-order valence-corrected chi connectivity index (χ0v) is 16.8. The Labute approximate surface area is 159 Å². The third-order valence-corrected chi connectivity index (χ3v) is 6.02. The molecule has 160 valence electrons. The number of halogens is 3. The van der Waals surface area contributed by atoms with E-state index in [0.717, 1.165) is 25.9 Å². The molecule has 0 aromatic rings. The van der Waals surface area contributed by atoms with Crippen molar-refractivity contribution in [2.75, 3.05) is 46.4 Å². The number of nitrogens with zero attached hydrogens (tertiary/aromatic N) is 2. The van der Waals surface area contributed by atoms with Crippen LogP contribution in [0.25, 0.3) is 0 Å². The van der Waals surface area contributed by atoms with Gasteiger partial charge >= 0.3 is 15.5 Å². The van der Waals surface area contributed by atoms with Crippen molar-refractivity contribution in [2.45, 2.75) is 44.5 Å². The third kappa shape index (κ3) is 8.22. The van der Waals surface area contributed by atoms with Crippen molar-refractivity contribution < 1.29 is 26.3 Å². The Balaban J connectivity index is 2.24. The van der Waals surface area contributed by atoms with Gasteiger partial charge in [-0.3, -0.25) is 4.99 Å². The number of sulfonamides is 1. The molecular formula is C16H31F3N4O3S. The molecule has 0 radical (unpaired) electrons. The van der Waals surface area contributed by atoms with Crippen LogP contribution in [0.4, 0.5) is 13.2 Å². The summed E-state index contributed by atoms with van der Waals surface area (Å²) in [6.45, 7) is 4.56. The molecule has 11 heteroatoms. The predicted octanol–water partition coefficient (Wildman–Crippen LogP) is 1.92. The monoisotopic (exact) mass is 416 g/mol. The molecule has 1 saturated heterocycles. The van der Waals surface area contributed by atoms with Crippen LogP contribution >= 0.6 is 0 Å². The molecule has 1 aliphatic rings. The van der Waals surface area contributed by atoms with E-state index in [1.54, 1.807) is 7.05 Å². The van der Waals surface area contributed by atoms with Crippen LogP contribution in [0.3, 0.4) is 0 Å². The van der Waals surface area contributed by atoms with Gasteiger partial charge in [0.2, 0.25) is 0 Å². The molecule has 2 N–H and O–H groups in total. The first-order chi connectivity index (χ1) is 12.7. The summed E-state index contributed by atoms with van der Waals surface area (Å²) in [6.07, 6.45) is 3.77. The van der Waals surface area contributed by atoms with Crippen LogP contribution in [-0.4, -0.2) is 70.6 Å². The number of hydrogen-bond donors (Lipinski definition) is 2. The van der Waals surface area contributed by atoms with Crippen LogP contribution in [-0.2, 0) is 14.8 Å². The van der Waals surface area contributed by atoms with Crippen molar-refractivity contribution in [2.24, 2.45) is 10.9 Å². The Morgan fingerprint density at radius 1 is 1.19 bits per heavy atom. The molecule has 0 unspecified atom stereocenters. The molecule has 0 aromatic heterocycles. The van der Waals surface area contributed by atoms with Crippen molar-refractivity contribution >= 4 is 16.0 Å². The summed E-state index contributed by atoms with van der Waals surface area (Å²) in [5.74, 6) is 0.717. The highest BCUT2D eigenvalue weighted by Gasteiger charge is 2.50. The van der Waals surface area contributed by atoms with Gasteiger partial charge in [-0.1, -0.05) is 13.3 Å². The fraction of sp³-hybridized carbons (Fsp3) is 0.938. The molecule has 0 spiro atoms. The molecule has 1 aliphatic heterocycles. The molecular weight excluding hydrogens is 385 g/mol. The Morgan fingerprint density at radius 2 is 1.81 bits per heavy atom. The molecule has 0 atom stereocenters. The number of nitrogens with one attached hydrogen (secondary N) is 2. The van der Waals surface area contributed by atoms with Gasteiger partial charge in [0.15, 0.2) is 5.96 Å². The predicted molar refractivity (Wildman–Crippen MR) is 99.0 cm³/mol. The minimum atomic E-state index is -5.23. The van der Waals surface area contributed by atoms with Crippen LogP contribution in [0.5, 0.6) is 0 Å². The first-order valence-electron chi connectivity index (χ1n) is 9.31. The van der Waals surface area contributed by atoms with Gasteiger partial charge in [0, 0.05) is 46.4 Å². The zero-order valence-electron chi connectivity index (χ0n) is 16.0. The first-order valence-corrected chi connectivity index (χ1v) is 10.7. The quantitative estimate of drug-likeness (QED) is 0.323. The molecule has 1 fully saturated rings. The SMILES string of the molecule is CCCCOCCCNC(=NC)NCC1CCN(S(=O)(=O)C(F)(F)F)CC1. The molecule has 0 saturated carbocycles. The normalized spacial score (nSPS) is 17.9. The van der Waals surface area contributed by atoms with Crippen molar-refractivity contribution in [3.05, 3.63) is 0 Å². The lowest BCUT2D eigenvalue weighted by Crippen LogP contribution is -2.47. The smallest absolute Gasteiger partial charge is 0.381 e. The number of aliphatic imine (C=N–C) groups is 1. The maximum atomic E-state index is 12.6. The molecule has 0 aromatic carbocycles. The number of alkyl halides is 3. The molecule has 0 amide bonds. The minimum Gasteiger partial charge on any atom is -0.381 e. The van der Waals surface area contributed by atoms with Gasteiger partial charge in [0.25, 0.3) is 0 Å². The van der Waals surface area contributed by atoms with E-state index in [-0.39, 0.29) is 19.0 Å². The number of rotatable bonds is 10. The molecule has 0 aliphatic carbocycles. The first kappa shape index (κ1) is 24.0. The highest BCUT2D eigenvalue weighted by molar-refractivity contribution is 7.90. The van der Waals surface area contributed by atoms with E-state index in [9.17, 15) is 21.6 Å². The van der Waals surface area contributed by atoms with E-state index in [4.69, 9.17) is 4.74 Å². The van der Waals surface area contributed by atoms with Crippen molar-refractivity contribution in [3.63, 3.8) is 0 Å². The van der Waals surface area contributed by atoms with Crippen LogP contribution in [0, 0.1) is 5.92 Å². The lowest BCUT2D eigenvalue weighted by Gasteiger charge is -2.31. The van der Waals surface area contributed by atoms with Gasteiger partial charge in [-0.2, -0.15) is 17.5 Å². The number of guanidine groups is 1. The van der Waals surface area contributed by atoms with Gasteiger partial charge in [0.1, 0.15) is 0 Å². The van der Waals surface area contributed by atoms with E-state index in [1.807, 2.05) is 0 Å². The van der Waals surface area contributed by atoms with Gasteiger partial charge in [-0.05, 0) is 31.6 Å². The molecule has 1 heterocycles. The lowest BCUT2D eigenvalue weighted by molar-refractivity contribution is -0.0496. The highest BCUT2D eigenvalue weighted by atomic mass is 32.2. The number of unbranched alkanes of at least 4 members (excludes halogenated alkanes) is 1. The molecule has 1 rings (SSSR count). The van der Waals surface area contributed by atoms with E-state index in [1.165, 1.54) is 0 Å². The lowest BCUT2D eigenvalue weighted by atomic mass is 9.98. The summed E-state index contributed by atoms with van der Waals surface area (Å²) in [5.41, 5.74) is -5.23. The van der Waals surface area contributed by atoms with E-state index < -0.39 is 15.5 Å². The topological polar surface area (TPSA) is 83.0 Å². The van der Waals surface area contributed by atoms with E-state index >= 15 is 0 Å². The van der Waals surface area contributed by atoms with E-state index in [0.29, 0.717) is 42.8 Å². The summed E-state index contributed by atoms with van der Waals surface area (Å²) in [7, 11) is -3.57. The largest absolute Gasteiger partial charge is 0.511 e. The van der Waals surface area contributed by atoms with Gasteiger partial charge in [-0.15, -0.1) is 0 Å². The van der Waals surface area contributed by atoms with Gasteiger partial charge in [0.05, 0.1) is 0 Å². The summed E-state index contributed by atoms with van der Waals surface area (Å²) >= 11 is 0. The maximum Gasteiger partial charge on any atom is 0.511 e. The van der Waals surface area contributed by atoms with Crippen LogP contribution in [0.15, 0.2) is 4.99 Å². The Bertz CT molecular complexity index is 548. The van der Waals surface area contributed by atoms with Gasteiger partial charge in [-0.25, -0.2) is 8.42 Å². The number of hydrogen-bond acceptors (Lipinski definition) is 4. The maximum absolute atomic E-state index is 12.6. The van der Waals surface area contributed by atoms with Crippen LogP contribution in [0.1, 0.15) is 39.0 Å². The Morgan fingerprint density at radius 3 is 2.37 bits per heavy atom. The average Bonchev–Trinajstić information content (AvgIpc) is 2.63. The van der Waals surface area contributed by atoms with E-state index in [2.05, 4.69) is 22.5 Å². The second-order valence-electron chi connectivity index (χ2n) is 6.49. The van der Waals surface area contributed by atoms with Gasteiger partial charge < -0.3 is 15.4 Å². The third-order valence-electron chi connectivity index (χ3n) is 4.39.